The van der Waals surface area contributed by atoms with Gasteiger partial charge in [-0.1, -0.05) is 31.2 Å². The van der Waals surface area contributed by atoms with Crippen LogP contribution in [0.5, 0.6) is 0 Å². The van der Waals surface area contributed by atoms with Gasteiger partial charge in [0.15, 0.2) is 5.65 Å². The SMILES string of the molecule is C[C@@H]1CCN(C(=O)CC#N)CC1C=[N+](C)c1ncnc2c1ccn2C(=O)OCc1ccc(CN)cc1. The number of carbonyl (C=O) groups is 2. The van der Waals surface area contributed by atoms with Gasteiger partial charge >= 0.3 is 11.9 Å². The molecule has 0 spiro atoms. The molecule has 1 aliphatic rings. The number of nitrogens with zero attached hydrogens (tertiary/aromatic N) is 6. The molecule has 0 bridgehead atoms. The summed E-state index contributed by atoms with van der Waals surface area (Å²) >= 11 is 0. The van der Waals surface area contributed by atoms with E-state index in [0.29, 0.717) is 42.4 Å². The van der Waals surface area contributed by atoms with Crippen LogP contribution < -0.4 is 5.73 Å². The summed E-state index contributed by atoms with van der Waals surface area (Å²) in [4.78, 5) is 35.5. The van der Waals surface area contributed by atoms with Gasteiger partial charge in [0.2, 0.25) is 12.2 Å². The van der Waals surface area contributed by atoms with Crippen molar-refractivity contribution in [3.05, 3.63) is 54.0 Å². The van der Waals surface area contributed by atoms with E-state index in [-0.39, 0.29) is 24.9 Å². The quantitative estimate of drug-likeness (QED) is 0.417. The van der Waals surface area contributed by atoms with Crippen molar-refractivity contribution in [2.24, 2.45) is 17.6 Å². The third kappa shape index (κ3) is 5.42. The summed E-state index contributed by atoms with van der Waals surface area (Å²) in [5.41, 5.74) is 7.95. The highest BCUT2D eigenvalue weighted by molar-refractivity contribution is 5.91. The summed E-state index contributed by atoms with van der Waals surface area (Å²) in [6.07, 6.45) is 5.33. The molecule has 1 aromatic carbocycles. The number of benzene rings is 1. The third-order valence-electron chi connectivity index (χ3n) is 6.63. The highest BCUT2D eigenvalue weighted by Gasteiger charge is 2.30. The number of hydrogen-bond donors (Lipinski definition) is 1. The van der Waals surface area contributed by atoms with Crippen molar-refractivity contribution in [3.63, 3.8) is 0 Å². The number of likely N-dealkylation sites (tertiary alicyclic amines) is 1. The number of carbonyl (C=O) groups excluding carboxylic acids is 2. The van der Waals surface area contributed by atoms with Gasteiger partial charge in [0.25, 0.3) is 0 Å². The maximum absolute atomic E-state index is 12.8. The standard InChI is InChI=1S/C26H30N7O3/c1-18-8-11-32(23(34)7-10-27)15-21(18)14-31(2)24-22-9-12-33(25(22)30-17-29-24)26(35)36-16-20-5-3-19(13-28)4-6-20/h3-6,9,12,14,17-18,21H,7-8,11,13,15-16,28H2,1-2H3/q+1/t18-,21?/m1/s1. The first-order valence-corrected chi connectivity index (χ1v) is 11.9. The molecule has 1 saturated heterocycles. The van der Waals surface area contributed by atoms with E-state index in [0.717, 1.165) is 17.5 Å². The molecule has 2 aromatic heterocycles. The second-order valence-electron chi connectivity index (χ2n) is 9.06. The second kappa shape index (κ2) is 11.1. The van der Waals surface area contributed by atoms with Crippen molar-refractivity contribution in [1.29, 1.82) is 5.26 Å². The summed E-state index contributed by atoms with van der Waals surface area (Å²) in [7, 11) is 1.89. The molecule has 2 N–H and O–H groups in total. The Kier molecular flexibility index (Phi) is 7.71. The van der Waals surface area contributed by atoms with Crippen LogP contribution in [0.4, 0.5) is 10.6 Å². The Morgan fingerprint density at radius 2 is 2.00 bits per heavy atom. The molecule has 10 nitrogen and oxygen atoms in total. The molecule has 1 fully saturated rings. The highest BCUT2D eigenvalue weighted by Crippen LogP contribution is 2.25. The minimum absolute atomic E-state index is 0.105. The molecule has 2 atom stereocenters. The lowest BCUT2D eigenvalue weighted by atomic mass is 9.87. The van der Waals surface area contributed by atoms with Crippen molar-refractivity contribution in [2.75, 3.05) is 20.1 Å². The summed E-state index contributed by atoms with van der Waals surface area (Å²) < 4.78 is 8.78. The molecule has 0 radical (unpaired) electrons. The van der Waals surface area contributed by atoms with Gasteiger partial charge in [-0.15, -0.1) is 0 Å². The van der Waals surface area contributed by atoms with Crippen molar-refractivity contribution >= 4 is 35.1 Å². The van der Waals surface area contributed by atoms with Crippen molar-refractivity contribution in [2.45, 2.75) is 32.9 Å². The molecule has 10 heteroatoms. The first-order valence-electron chi connectivity index (χ1n) is 11.9. The predicted molar refractivity (Wildman–Crippen MR) is 133 cm³/mol. The molecule has 36 heavy (non-hydrogen) atoms. The van der Waals surface area contributed by atoms with Crippen LogP contribution in [0, 0.1) is 23.2 Å². The van der Waals surface area contributed by atoms with Gasteiger partial charge in [0.05, 0.1) is 19.3 Å². The number of ether oxygens (including phenoxy) is 1. The van der Waals surface area contributed by atoms with E-state index in [9.17, 15) is 9.59 Å². The van der Waals surface area contributed by atoms with Gasteiger partial charge in [0.1, 0.15) is 18.4 Å². The summed E-state index contributed by atoms with van der Waals surface area (Å²) in [5, 5.41) is 9.57. The number of aromatic nitrogens is 3. The zero-order valence-corrected chi connectivity index (χ0v) is 20.5. The van der Waals surface area contributed by atoms with Gasteiger partial charge in [0, 0.05) is 31.7 Å². The maximum Gasteiger partial charge on any atom is 0.420 e. The Labute approximate surface area is 209 Å². The monoisotopic (exact) mass is 488 g/mol. The average molecular weight is 489 g/mol. The van der Waals surface area contributed by atoms with Gasteiger partial charge < -0.3 is 15.4 Å². The Hall–Kier alpha value is -4.10. The Morgan fingerprint density at radius 1 is 1.25 bits per heavy atom. The second-order valence-corrected chi connectivity index (χ2v) is 9.06. The molecule has 1 unspecified atom stereocenters. The van der Waals surface area contributed by atoms with E-state index in [1.807, 2.05) is 42.0 Å². The highest BCUT2D eigenvalue weighted by atomic mass is 16.5. The molecule has 3 heterocycles. The first kappa shape index (κ1) is 25.0. The van der Waals surface area contributed by atoms with Crippen LogP contribution in [-0.2, 0) is 22.7 Å². The van der Waals surface area contributed by atoms with E-state index < -0.39 is 6.09 Å². The van der Waals surface area contributed by atoms with Crippen LogP contribution in [0.3, 0.4) is 0 Å². The molecule has 3 aromatic rings. The fourth-order valence-electron chi connectivity index (χ4n) is 4.41. The lowest BCUT2D eigenvalue weighted by Gasteiger charge is -2.34. The van der Waals surface area contributed by atoms with E-state index in [2.05, 4.69) is 23.1 Å². The van der Waals surface area contributed by atoms with Crippen molar-refractivity contribution < 1.29 is 18.9 Å². The van der Waals surface area contributed by atoms with Crippen LogP contribution >= 0.6 is 0 Å². The minimum atomic E-state index is -0.531. The van der Waals surface area contributed by atoms with Gasteiger partial charge in [-0.2, -0.15) is 10.2 Å². The van der Waals surface area contributed by atoms with Gasteiger partial charge in [-0.05, 0) is 34.5 Å². The largest absolute Gasteiger partial charge is 0.444 e. The Morgan fingerprint density at radius 3 is 2.72 bits per heavy atom. The van der Waals surface area contributed by atoms with E-state index in [1.54, 1.807) is 17.2 Å². The van der Waals surface area contributed by atoms with Crippen molar-refractivity contribution in [3.8, 4) is 6.07 Å². The lowest BCUT2D eigenvalue weighted by Crippen LogP contribution is -2.44. The lowest BCUT2D eigenvalue weighted by molar-refractivity contribution is -0.405. The van der Waals surface area contributed by atoms with Crippen LogP contribution in [0.2, 0.25) is 0 Å². The molecule has 1 aliphatic heterocycles. The maximum atomic E-state index is 12.8. The number of nitriles is 1. The molecule has 0 aliphatic carbocycles. The van der Waals surface area contributed by atoms with E-state index >= 15 is 0 Å². The molecule has 186 valence electrons. The van der Waals surface area contributed by atoms with E-state index in [1.165, 1.54) is 10.9 Å². The number of piperidine rings is 1. The van der Waals surface area contributed by atoms with Crippen LogP contribution in [-0.4, -0.2) is 62.4 Å². The van der Waals surface area contributed by atoms with E-state index in [4.69, 9.17) is 15.7 Å². The topological polar surface area (TPSA) is 130 Å². The van der Waals surface area contributed by atoms with Crippen molar-refractivity contribution in [1.82, 2.24) is 19.4 Å². The smallest absolute Gasteiger partial charge is 0.420 e. The normalized spacial score (nSPS) is 18.2. The summed E-state index contributed by atoms with van der Waals surface area (Å²) in [6, 6.07) is 11.3. The Bertz CT molecular complexity index is 1320. The fourth-order valence-corrected chi connectivity index (χ4v) is 4.41. The predicted octanol–water partition coefficient (Wildman–Crippen LogP) is 2.82. The molecule has 0 saturated carbocycles. The zero-order valence-electron chi connectivity index (χ0n) is 20.5. The average Bonchev–Trinajstić information content (AvgIpc) is 3.33. The van der Waals surface area contributed by atoms with Crippen LogP contribution in [0.25, 0.3) is 11.0 Å². The Balaban J connectivity index is 1.51. The zero-order chi connectivity index (χ0) is 25.7. The minimum Gasteiger partial charge on any atom is -0.444 e. The summed E-state index contributed by atoms with van der Waals surface area (Å²) in [6.45, 7) is 3.97. The number of rotatable bonds is 6. The molecular weight excluding hydrogens is 458 g/mol. The molecular formula is C26H30N7O3+. The number of nitrogens with two attached hydrogens (primary N) is 1. The van der Waals surface area contributed by atoms with Crippen LogP contribution in [0.15, 0.2) is 42.9 Å². The van der Waals surface area contributed by atoms with Gasteiger partial charge in [-0.25, -0.2) is 13.9 Å². The first-order chi connectivity index (χ1) is 17.4. The number of fused-ring (bicyclic) bond motifs is 1. The number of hydrogen-bond acceptors (Lipinski definition) is 7. The van der Waals surface area contributed by atoms with Crippen LogP contribution in [0.1, 0.15) is 30.9 Å². The summed E-state index contributed by atoms with van der Waals surface area (Å²) in [5.74, 6) is 0.987. The number of amides is 1. The molecule has 4 rings (SSSR count). The fraction of sp³-hybridized carbons (Fsp3) is 0.385. The van der Waals surface area contributed by atoms with Gasteiger partial charge in [-0.3, -0.25) is 4.79 Å². The third-order valence-corrected chi connectivity index (χ3v) is 6.63. The molecule has 1 amide bonds.